The minimum absolute atomic E-state index is 0.181. The zero-order chi connectivity index (χ0) is 23.5. The van der Waals surface area contributed by atoms with E-state index in [2.05, 4.69) is 5.32 Å². The van der Waals surface area contributed by atoms with Gasteiger partial charge in [-0.1, -0.05) is 30.3 Å². The van der Waals surface area contributed by atoms with Crippen LogP contribution in [-0.4, -0.2) is 37.0 Å². The monoisotopic (exact) mass is 454 g/mol. The number of fused-ring (bicyclic) bond motifs is 1. The van der Waals surface area contributed by atoms with E-state index in [0.717, 1.165) is 12.1 Å². The van der Waals surface area contributed by atoms with E-state index in [9.17, 15) is 22.8 Å². The van der Waals surface area contributed by atoms with E-state index in [1.807, 2.05) is 0 Å². The second kappa shape index (κ2) is 9.46. The number of ether oxygens (including phenoxy) is 1. The van der Waals surface area contributed by atoms with Crippen LogP contribution in [0.2, 0.25) is 0 Å². The second-order valence-corrected chi connectivity index (χ2v) is 7.67. The lowest BCUT2D eigenvalue weighted by Gasteiger charge is -2.41. The molecule has 8 heteroatoms. The highest BCUT2D eigenvalue weighted by atomic mass is 19.1. The van der Waals surface area contributed by atoms with Gasteiger partial charge in [0, 0.05) is 25.3 Å². The van der Waals surface area contributed by atoms with Crippen LogP contribution in [0.3, 0.4) is 0 Å². The van der Waals surface area contributed by atoms with E-state index in [1.165, 1.54) is 36.3 Å². The summed E-state index contributed by atoms with van der Waals surface area (Å²) < 4.78 is 46.4. The lowest BCUT2D eigenvalue weighted by atomic mass is 9.79. The Morgan fingerprint density at radius 2 is 1.70 bits per heavy atom. The summed E-state index contributed by atoms with van der Waals surface area (Å²) >= 11 is 0. The molecule has 0 saturated heterocycles. The lowest BCUT2D eigenvalue weighted by Crippen LogP contribution is -2.47. The quantitative estimate of drug-likeness (QED) is 0.589. The number of carbonyl (C=O) groups excluding carboxylic acids is 2. The number of amides is 2. The maximum Gasteiger partial charge on any atom is 0.254 e. The van der Waals surface area contributed by atoms with Crippen molar-refractivity contribution in [2.24, 2.45) is 0 Å². The number of benzene rings is 3. The summed E-state index contributed by atoms with van der Waals surface area (Å²) in [4.78, 5) is 28.4. The van der Waals surface area contributed by atoms with Gasteiger partial charge in [-0.2, -0.15) is 0 Å². The zero-order valence-corrected chi connectivity index (χ0v) is 17.7. The van der Waals surface area contributed by atoms with Crippen LogP contribution in [0.15, 0.2) is 66.7 Å². The van der Waals surface area contributed by atoms with Crippen LogP contribution in [0.5, 0.6) is 0 Å². The lowest BCUT2D eigenvalue weighted by molar-refractivity contribution is -0.119. The molecule has 0 radical (unpaired) electrons. The number of methoxy groups -OCH3 is 1. The Morgan fingerprint density at radius 3 is 2.39 bits per heavy atom. The van der Waals surface area contributed by atoms with Crippen LogP contribution in [-0.2, 0) is 9.53 Å². The fourth-order valence-corrected chi connectivity index (χ4v) is 4.14. The molecule has 4 rings (SSSR count). The van der Waals surface area contributed by atoms with E-state index < -0.39 is 35.3 Å². The van der Waals surface area contributed by atoms with Gasteiger partial charge in [-0.3, -0.25) is 9.59 Å². The van der Waals surface area contributed by atoms with Crippen LogP contribution in [0, 0.1) is 17.5 Å². The number of hydrogen-bond donors (Lipinski definition) is 1. The molecule has 2 atom stereocenters. The molecule has 33 heavy (non-hydrogen) atoms. The van der Waals surface area contributed by atoms with Crippen LogP contribution < -0.4 is 5.32 Å². The van der Waals surface area contributed by atoms with Gasteiger partial charge in [0.05, 0.1) is 24.3 Å². The topological polar surface area (TPSA) is 58.6 Å². The Hall–Kier alpha value is -3.65. The third kappa shape index (κ3) is 4.47. The van der Waals surface area contributed by atoms with Crippen LogP contribution in [0.1, 0.15) is 33.4 Å². The van der Waals surface area contributed by atoms with Gasteiger partial charge in [-0.25, -0.2) is 13.2 Å². The minimum atomic E-state index is -0.939. The molecular formula is C25H21F3N2O3. The molecule has 0 aromatic heterocycles. The van der Waals surface area contributed by atoms with Gasteiger partial charge < -0.3 is 15.0 Å². The van der Waals surface area contributed by atoms with Crippen molar-refractivity contribution in [3.63, 3.8) is 0 Å². The molecule has 0 bridgehead atoms. The van der Waals surface area contributed by atoms with E-state index in [0.29, 0.717) is 22.8 Å². The molecule has 1 heterocycles. The summed E-state index contributed by atoms with van der Waals surface area (Å²) in [5, 5.41) is 2.53. The van der Waals surface area contributed by atoms with Crippen LogP contribution in [0.25, 0.3) is 0 Å². The van der Waals surface area contributed by atoms with Crippen molar-refractivity contribution in [1.29, 1.82) is 0 Å². The zero-order valence-electron chi connectivity index (χ0n) is 17.7. The molecular weight excluding hydrogens is 433 g/mol. The first-order valence-electron chi connectivity index (χ1n) is 10.3. The Balaban J connectivity index is 1.83. The Morgan fingerprint density at radius 1 is 1.00 bits per heavy atom. The van der Waals surface area contributed by atoms with Crippen molar-refractivity contribution >= 4 is 17.5 Å². The molecule has 1 aliphatic rings. The molecule has 1 N–H and O–H groups in total. The fourth-order valence-electron chi connectivity index (χ4n) is 4.14. The van der Waals surface area contributed by atoms with Crippen molar-refractivity contribution in [2.45, 2.75) is 12.0 Å². The summed E-state index contributed by atoms with van der Waals surface area (Å²) in [7, 11) is 1.50. The second-order valence-electron chi connectivity index (χ2n) is 7.67. The molecule has 1 aliphatic heterocycles. The van der Waals surface area contributed by atoms with Gasteiger partial charge >= 0.3 is 0 Å². The van der Waals surface area contributed by atoms with E-state index >= 15 is 0 Å². The van der Waals surface area contributed by atoms with Crippen molar-refractivity contribution in [3.8, 4) is 0 Å². The Labute approximate surface area is 188 Å². The Kier molecular flexibility index (Phi) is 6.46. The normalized spacial score (nSPS) is 17.6. The summed E-state index contributed by atoms with van der Waals surface area (Å²) in [6, 6.07) is 14.3. The summed E-state index contributed by atoms with van der Waals surface area (Å²) in [6.07, 6.45) is 0. The van der Waals surface area contributed by atoms with Crippen LogP contribution >= 0.6 is 0 Å². The standard InChI is InChI=1S/C25H21F3N2O3/c1-33-13-12-30-23(15-6-8-16(26)9-7-15)22(18-4-2-3-5-19(18)25(30)32)24(31)29-21-11-10-17(27)14-20(21)28/h2-11,14,22-23H,12-13H2,1H3,(H,29,31)/t22-,23-/m1/s1. The van der Waals surface area contributed by atoms with Crippen molar-refractivity contribution in [2.75, 3.05) is 25.6 Å². The average molecular weight is 454 g/mol. The number of rotatable bonds is 6. The van der Waals surface area contributed by atoms with Gasteiger partial charge in [-0.05, 0) is 41.5 Å². The molecule has 0 spiro atoms. The molecule has 3 aromatic rings. The number of hydrogen-bond acceptors (Lipinski definition) is 3. The van der Waals surface area contributed by atoms with Gasteiger partial charge in [0.2, 0.25) is 5.91 Å². The number of nitrogens with zero attached hydrogens (tertiary/aromatic N) is 1. The molecule has 5 nitrogen and oxygen atoms in total. The summed E-state index contributed by atoms with van der Waals surface area (Å²) in [5.74, 6) is -3.97. The maximum absolute atomic E-state index is 14.3. The highest BCUT2D eigenvalue weighted by Crippen LogP contribution is 2.43. The summed E-state index contributed by atoms with van der Waals surface area (Å²) in [5.41, 5.74) is 1.16. The van der Waals surface area contributed by atoms with Gasteiger partial charge in [-0.15, -0.1) is 0 Å². The summed E-state index contributed by atoms with van der Waals surface area (Å²) in [6.45, 7) is 0.396. The Bertz CT molecular complexity index is 1180. The third-order valence-corrected chi connectivity index (χ3v) is 5.66. The molecule has 170 valence electrons. The van der Waals surface area contributed by atoms with Crippen molar-refractivity contribution in [3.05, 3.63) is 101 Å². The van der Waals surface area contributed by atoms with Crippen LogP contribution in [0.4, 0.5) is 18.9 Å². The van der Waals surface area contributed by atoms with E-state index in [1.54, 1.807) is 24.3 Å². The first-order chi connectivity index (χ1) is 15.9. The first-order valence-corrected chi connectivity index (χ1v) is 10.3. The number of nitrogens with one attached hydrogen (secondary N) is 1. The fraction of sp³-hybridized carbons (Fsp3) is 0.200. The average Bonchev–Trinajstić information content (AvgIpc) is 2.80. The number of carbonyl (C=O) groups is 2. The minimum Gasteiger partial charge on any atom is -0.383 e. The SMILES string of the molecule is COCCN1C(=O)c2ccccc2[C@@H](C(=O)Nc2ccc(F)cc2F)[C@H]1c1ccc(F)cc1. The van der Waals surface area contributed by atoms with Gasteiger partial charge in [0.15, 0.2) is 0 Å². The smallest absolute Gasteiger partial charge is 0.254 e. The predicted molar refractivity (Wildman–Crippen MR) is 116 cm³/mol. The first kappa shape index (κ1) is 22.5. The van der Waals surface area contributed by atoms with Crippen molar-refractivity contribution < 1.29 is 27.5 Å². The van der Waals surface area contributed by atoms with Gasteiger partial charge in [0.1, 0.15) is 17.5 Å². The molecule has 3 aromatic carbocycles. The highest BCUT2D eigenvalue weighted by molar-refractivity contribution is 6.04. The maximum atomic E-state index is 14.3. The number of halogens is 3. The van der Waals surface area contributed by atoms with Gasteiger partial charge in [0.25, 0.3) is 5.91 Å². The molecule has 2 amide bonds. The van der Waals surface area contributed by atoms with E-state index in [4.69, 9.17) is 4.74 Å². The molecule has 0 unspecified atom stereocenters. The molecule has 0 fully saturated rings. The molecule has 0 saturated carbocycles. The highest BCUT2D eigenvalue weighted by Gasteiger charge is 2.44. The third-order valence-electron chi connectivity index (χ3n) is 5.66. The van der Waals surface area contributed by atoms with Crippen molar-refractivity contribution in [1.82, 2.24) is 4.90 Å². The predicted octanol–water partition coefficient (Wildman–Crippen LogP) is 4.67. The number of anilines is 1. The van der Waals surface area contributed by atoms with E-state index in [-0.39, 0.29) is 24.7 Å². The molecule has 0 aliphatic carbocycles. The largest absolute Gasteiger partial charge is 0.383 e.